The summed E-state index contributed by atoms with van der Waals surface area (Å²) in [7, 11) is 0. The molecule has 0 aromatic heterocycles. The highest BCUT2D eigenvalue weighted by molar-refractivity contribution is 5.70. The molecule has 1 aliphatic carbocycles. The van der Waals surface area contributed by atoms with Crippen molar-refractivity contribution in [3.63, 3.8) is 0 Å². The second-order valence-electron chi connectivity index (χ2n) is 9.18. The minimum atomic E-state index is -4.35. The lowest BCUT2D eigenvalue weighted by atomic mass is 9.77. The fraction of sp³-hybridized carbons (Fsp3) is 0.708. The largest absolute Gasteiger partial charge is 0.463 e. The van der Waals surface area contributed by atoms with Crippen molar-refractivity contribution in [2.45, 2.75) is 90.5 Å². The number of alkyl halides is 3. The van der Waals surface area contributed by atoms with E-state index in [2.05, 4.69) is 19.2 Å². The standard InChI is InChI=1S/C24H36F3NO2/c1-16(2)13-14-28-21-8-6-5-7-19(15-22(29)30-17(3)4)23(21)18-9-11-20(12-10-18)24(25,26)27/h9-12,16-17,19,21,23,28H,5-8,13-15H2,1-4H3/t19-,21-,23-/m1/s1. The Morgan fingerprint density at radius 1 is 1.10 bits per heavy atom. The second kappa shape index (κ2) is 11.2. The highest BCUT2D eigenvalue weighted by Crippen LogP contribution is 2.40. The summed E-state index contributed by atoms with van der Waals surface area (Å²) in [5.74, 6) is 0.382. The van der Waals surface area contributed by atoms with Crippen molar-refractivity contribution in [2.24, 2.45) is 11.8 Å². The lowest BCUT2D eigenvalue weighted by molar-refractivity contribution is -0.148. The van der Waals surface area contributed by atoms with E-state index >= 15 is 0 Å². The summed E-state index contributed by atoms with van der Waals surface area (Å²) in [4.78, 5) is 12.4. The number of carbonyl (C=O) groups excluding carboxylic acids is 1. The van der Waals surface area contributed by atoms with E-state index in [4.69, 9.17) is 4.74 Å². The minimum Gasteiger partial charge on any atom is -0.463 e. The SMILES string of the molecule is CC(C)CCN[C@@H]1CCCC[C@H](CC(=O)OC(C)C)[C@H]1c1ccc(C(F)(F)F)cc1. The molecule has 2 rings (SSSR count). The third-order valence-electron chi connectivity index (χ3n) is 5.83. The predicted octanol–water partition coefficient (Wildman–Crippen LogP) is 6.33. The van der Waals surface area contributed by atoms with Crippen LogP contribution >= 0.6 is 0 Å². The van der Waals surface area contributed by atoms with Crippen LogP contribution in [0.1, 0.15) is 83.3 Å². The Morgan fingerprint density at radius 3 is 2.30 bits per heavy atom. The number of carbonyl (C=O) groups is 1. The maximum absolute atomic E-state index is 13.0. The molecule has 1 aromatic carbocycles. The smallest absolute Gasteiger partial charge is 0.416 e. The van der Waals surface area contributed by atoms with Gasteiger partial charge in [0.1, 0.15) is 0 Å². The van der Waals surface area contributed by atoms with E-state index in [1.807, 2.05) is 13.8 Å². The summed E-state index contributed by atoms with van der Waals surface area (Å²) in [5, 5.41) is 3.66. The van der Waals surface area contributed by atoms with E-state index in [1.54, 1.807) is 12.1 Å². The molecule has 0 unspecified atom stereocenters. The molecular weight excluding hydrogens is 391 g/mol. The molecule has 1 N–H and O–H groups in total. The Balaban J connectivity index is 2.29. The number of hydrogen-bond acceptors (Lipinski definition) is 3. The molecule has 1 fully saturated rings. The minimum absolute atomic E-state index is 0.0124. The Labute approximate surface area is 178 Å². The maximum atomic E-state index is 13.0. The van der Waals surface area contributed by atoms with Crippen molar-refractivity contribution in [3.8, 4) is 0 Å². The van der Waals surface area contributed by atoms with Gasteiger partial charge >= 0.3 is 12.1 Å². The van der Waals surface area contributed by atoms with Gasteiger partial charge in [0.05, 0.1) is 11.7 Å². The number of hydrogen-bond donors (Lipinski definition) is 1. The van der Waals surface area contributed by atoms with Gasteiger partial charge in [0.25, 0.3) is 0 Å². The molecule has 170 valence electrons. The molecule has 6 heteroatoms. The first-order chi connectivity index (χ1) is 14.1. The highest BCUT2D eigenvalue weighted by Gasteiger charge is 2.35. The lowest BCUT2D eigenvalue weighted by Crippen LogP contribution is -2.39. The zero-order chi connectivity index (χ0) is 22.3. The van der Waals surface area contributed by atoms with Gasteiger partial charge in [-0.05, 0) is 69.2 Å². The summed E-state index contributed by atoms with van der Waals surface area (Å²) in [5.41, 5.74) is 0.231. The van der Waals surface area contributed by atoms with Crippen LogP contribution in [-0.4, -0.2) is 24.7 Å². The summed E-state index contributed by atoms with van der Waals surface area (Å²) >= 11 is 0. The van der Waals surface area contributed by atoms with E-state index in [-0.39, 0.29) is 30.0 Å². The number of halogens is 3. The summed E-state index contributed by atoms with van der Waals surface area (Å²) in [6.45, 7) is 8.87. The molecular formula is C24H36F3NO2. The Morgan fingerprint density at radius 2 is 1.73 bits per heavy atom. The second-order valence-corrected chi connectivity index (χ2v) is 9.18. The predicted molar refractivity (Wildman–Crippen MR) is 113 cm³/mol. The van der Waals surface area contributed by atoms with Crippen LogP contribution in [0, 0.1) is 11.8 Å². The van der Waals surface area contributed by atoms with Crippen molar-refractivity contribution < 1.29 is 22.7 Å². The molecule has 0 radical (unpaired) electrons. The molecule has 1 aromatic rings. The zero-order valence-electron chi connectivity index (χ0n) is 18.6. The number of ether oxygens (including phenoxy) is 1. The average molecular weight is 428 g/mol. The van der Waals surface area contributed by atoms with Crippen LogP contribution in [0.5, 0.6) is 0 Å². The van der Waals surface area contributed by atoms with Gasteiger partial charge in [0, 0.05) is 18.4 Å². The van der Waals surface area contributed by atoms with Crippen molar-refractivity contribution in [1.29, 1.82) is 0 Å². The van der Waals surface area contributed by atoms with Gasteiger partial charge in [-0.25, -0.2) is 0 Å². The molecule has 3 nitrogen and oxygen atoms in total. The van der Waals surface area contributed by atoms with Crippen molar-refractivity contribution in [1.82, 2.24) is 5.32 Å². The van der Waals surface area contributed by atoms with E-state index < -0.39 is 11.7 Å². The van der Waals surface area contributed by atoms with E-state index in [9.17, 15) is 18.0 Å². The summed E-state index contributed by atoms with van der Waals surface area (Å²) in [6, 6.07) is 5.65. The van der Waals surface area contributed by atoms with Gasteiger partial charge < -0.3 is 10.1 Å². The number of benzene rings is 1. The van der Waals surface area contributed by atoms with Crippen LogP contribution in [0.4, 0.5) is 13.2 Å². The van der Waals surface area contributed by atoms with Crippen molar-refractivity contribution in [2.75, 3.05) is 6.54 Å². The number of rotatable bonds is 8. The van der Waals surface area contributed by atoms with Crippen molar-refractivity contribution >= 4 is 5.97 Å². The summed E-state index contributed by atoms with van der Waals surface area (Å²) < 4.78 is 44.5. The van der Waals surface area contributed by atoms with Crippen molar-refractivity contribution in [3.05, 3.63) is 35.4 Å². The monoisotopic (exact) mass is 427 g/mol. The van der Waals surface area contributed by atoms with Crippen LogP contribution in [0.3, 0.4) is 0 Å². The van der Waals surface area contributed by atoms with Gasteiger partial charge in [0.2, 0.25) is 0 Å². The van der Waals surface area contributed by atoms with Crippen LogP contribution in [0.15, 0.2) is 24.3 Å². The van der Waals surface area contributed by atoms with Crippen LogP contribution in [0.2, 0.25) is 0 Å². The highest BCUT2D eigenvalue weighted by atomic mass is 19.4. The van der Waals surface area contributed by atoms with Gasteiger partial charge in [-0.3, -0.25) is 4.79 Å². The Hall–Kier alpha value is -1.56. The molecule has 0 amide bonds. The van der Waals surface area contributed by atoms with Crippen LogP contribution in [-0.2, 0) is 15.7 Å². The molecule has 0 aliphatic heterocycles. The molecule has 1 aliphatic rings. The molecule has 1 saturated carbocycles. The Kier molecular flexibility index (Phi) is 9.20. The van der Waals surface area contributed by atoms with Crippen LogP contribution in [0.25, 0.3) is 0 Å². The molecule has 0 bridgehead atoms. The lowest BCUT2D eigenvalue weighted by Gasteiger charge is -2.33. The quantitative estimate of drug-likeness (QED) is 0.389. The Bertz CT molecular complexity index is 655. The third-order valence-corrected chi connectivity index (χ3v) is 5.83. The molecule has 0 saturated heterocycles. The van der Waals surface area contributed by atoms with E-state index in [0.29, 0.717) is 12.3 Å². The van der Waals surface area contributed by atoms with Gasteiger partial charge in [-0.15, -0.1) is 0 Å². The molecule has 0 spiro atoms. The fourth-order valence-electron chi connectivity index (χ4n) is 4.40. The summed E-state index contributed by atoms with van der Waals surface area (Å²) in [6.07, 6.45) is 0.708. The third kappa shape index (κ3) is 7.60. The average Bonchev–Trinajstić information content (AvgIpc) is 2.82. The molecule has 3 atom stereocenters. The first-order valence-corrected chi connectivity index (χ1v) is 11.2. The van der Waals surface area contributed by atoms with E-state index in [0.717, 1.165) is 56.3 Å². The number of esters is 1. The fourth-order valence-corrected chi connectivity index (χ4v) is 4.40. The molecule has 30 heavy (non-hydrogen) atoms. The molecule has 0 heterocycles. The van der Waals surface area contributed by atoms with Crippen LogP contribution < -0.4 is 5.32 Å². The van der Waals surface area contributed by atoms with Gasteiger partial charge in [-0.1, -0.05) is 38.8 Å². The van der Waals surface area contributed by atoms with Gasteiger partial charge in [0.15, 0.2) is 0 Å². The maximum Gasteiger partial charge on any atom is 0.416 e. The zero-order valence-corrected chi connectivity index (χ0v) is 18.6. The first-order valence-electron chi connectivity index (χ1n) is 11.2. The number of nitrogens with one attached hydrogen (secondary N) is 1. The van der Waals surface area contributed by atoms with E-state index in [1.165, 1.54) is 0 Å². The topological polar surface area (TPSA) is 38.3 Å². The van der Waals surface area contributed by atoms with Gasteiger partial charge in [-0.2, -0.15) is 13.2 Å². The first kappa shape index (κ1) is 24.7. The normalized spacial score (nSPS) is 22.9.